The Bertz CT molecular complexity index is 1550. The maximum atomic E-state index is 9.22. The van der Waals surface area contributed by atoms with Gasteiger partial charge in [0.15, 0.2) is 12.4 Å². The zero-order chi connectivity index (χ0) is 29.0. The summed E-state index contributed by atoms with van der Waals surface area (Å²) in [4.78, 5) is 2.05. The van der Waals surface area contributed by atoms with Crippen LogP contribution in [0.25, 0.3) is 0 Å². The summed E-state index contributed by atoms with van der Waals surface area (Å²) in [6.07, 6.45) is 5.75. The molecule has 0 unspecified atom stereocenters. The van der Waals surface area contributed by atoms with Crippen LogP contribution in [0, 0.1) is 0 Å². The first-order chi connectivity index (χ1) is 19.1. The Labute approximate surface area is 234 Å². The molecule has 10 nitrogen and oxygen atoms in total. The lowest BCUT2D eigenvalue weighted by atomic mass is 10.0. The number of benzene rings is 3. The second kappa shape index (κ2) is 14.5. The van der Waals surface area contributed by atoms with E-state index in [1.807, 2.05) is 134 Å². The van der Waals surface area contributed by atoms with Crippen molar-refractivity contribution in [2.24, 2.45) is 27.5 Å². The van der Waals surface area contributed by atoms with Crippen LogP contribution >= 0.6 is 0 Å². The predicted octanol–water partition coefficient (Wildman–Crippen LogP) is 4.96. The normalized spacial score (nSPS) is 11.9. The third-order valence-corrected chi connectivity index (χ3v) is 5.82. The maximum absolute atomic E-state index is 9.22. The van der Waals surface area contributed by atoms with E-state index in [4.69, 9.17) is 0 Å². The topological polar surface area (TPSA) is 123 Å². The van der Waals surface area contributed by atoms with Crippen molar-refractivity contribution >= 4 is 39.4 Å². The van der Waals surface area contributed by atoms with Gasteiger partial charge in [-0.3, -0.25) is 4.18 Å². The van der Waals surface area contributed by atoms with Gasteiger partial charge in [0.2, 0.25) is 10.4 Å². The molecule has 1 aromatic heterocycles. The van der Waals surface area contributed by atoms with Crippen LogP contribution in [0.4, 0.5) is 17.1 Å². The van der Waals surface area contributed by atoms with Crippen LogP contribution in [0.3, 0.4) is 0 Å². The standard InChI is InChI=1S/C28H27N6.CH4O4S/c1-33(2)27-15-13-26(14-16-27)31-30-25-11-9-22(10-12-25)21-29-32-28(23-7-5-4-6-8-23)24-17-19-34(3)20-18-24;1-5-6(2,3)4/h4-21H,1-3H3;1H3,(H,2,3,4)/q+1;/p-1. The quantitative estimate of drug-likeness (QED) is 0.0756. The number of nitrogens with zero attached hydrogens (tertiary/aromatic N) is 6. The Balaban J connectivity index is 0.000000663. The minimum absolute atomic E-state index is 0.777. The summed E-state index contributed by atoms with van der Waals surface area (Å²) >= 11 is 0. The van der Waals surface area contributed by atoms with Crippen molar-refractivity contribution in [1.29, 1.82) is 0 Å². The van der Waals surface area contributed by atoms with Gasteiger partial charge in [-0.2, -0.15) is 15.3 Å². The number of rotatable bonds is 8. The molecule has 4 aromatic rings. The molecule has 0 bridgehead atoms. The molecule has 0 N–H and O–H groups in total. The van der Waals surface area contributed by atoms with Gasteiger partial charge < -0.3 is 9.45 Å². The van der Waals surface area contributed by atoms with E-state index in [-0.39, 0.29) is 0 Å². The highest BCUT2D eigenvalue weighted by Gasteiger charge is 2.08. The van der Waals surface area contributed by atoms with Crippen molar-refractivity contribution in [1.82, 2.24) is 0 Å². The molecule has 3 aromatic carbocycles. The number of hydrogen-bond acceptors (Lipinski definition) is 9. The van der Waals surface area contributed by atoms with E-state index in [1.165, 1.54) is 0 Å². The number of aromatic nitrogens is 1. The highest BCUT2D eigenvalue weighted by Crippen LogP contribution is 2.21. The molecule has 0 radical (unpaired) electrons. The average Bonchev–Trinajstić information content (AvgIpc) is 2.96. The Morgan fingerprint density at radius 3 is 1.82 bits per heavy atom. The molecule has 0 aliphatic heterocycles. The second-order valence-electron chi connectivity index (χ2n) is 8.59. The molecule has 40 heavy (non-hydrogen) atoms. The molecule has 1 heterocycles. The largest absolute Gasteiger partial charge is 0.726 e. The highest BCUT2D eigenvalue weighted by molar-refractivity contribution is 7.80. The van der Waals surface area contributed by atoms with Crippen molar-refractivity contribution in [3.8, 4) is 0 Å². The number of azo groups is 1. The lowest BCUT2D eigenvalue weighted by Crippen LogP contribution is -2.26. The van der Waals surface area contributed by atoms with Crippen molar-refractivity contribution in [3.63, 3.8) is 0 Å². The molecule has 0 aliphatic rings. The number of hydrogen-bond donors (Lipinski definition) is 0. The molecule has 0 amide bonds. The molecule has 206 valence electrons. The number of aryl methyl sites for hydroxylation is 1. The smallest absolute Gasteiger partial charge is 0.217 e. The zero-order valence-electron chi connectivity index (χ0n) is 22.6. The third-order valence-electron chi connectivity index (χ3n) is 5.41. The van der Waals surface area contributed by atoms with Crippen molar-refractivity contribution in [2.75, 3.05) is 26.1 Å². The van der Waals surface area contributed by atoms with Gasteiger partial charge in [0.25, 0.3) is 0 Å². The summed E-state index contributed by atoms with van der Waals surface area (Å²) in [5.41, 5.74) is 6.50. The van der Waals surface area contributed by atoms with Crippen molar-refractivity contribution in [3.05, 3.63) is 120 Å². The van der Waals surface area contributed by atoms with Crippen LogP contribution in [0.1, 0.15) is 16.7 Å². The molecule has 4 rings (SSSR count). The summed E-state index contributed by atoms with van der Waals surface area (Å²) in [6, 6.07) is 29.8. The molecule has 0 fully saturated rings. The highest BCUT2D eigenvalue weighted by atomic mass is 32.3. The fraction of sp³-hybridized carbons (Fsp3) is 0.138. The van der Waals surface area contributed by atoms with Gasteiger partial charge in [-0.05, 0) is 42.0 Å². The lowest BCUT2D eigenvalue weighted by Gasteiger charge is -2.11. The summed E-state index contributed by atoms with van der Waals surface area (Å²) in [5, 5.41) is 17.5. The van der Waals surface area contributed by atoms with E-state index in [9.17, 15) is 13.0 Å². The molecule has 0 aliphatic carbocycles. The van der Waals surface area contributed by atoms with Gasteiger partial charge in [0, 0.05) is 43.0 Å². The first-order valence-electron chi connectivity index (χ1n) is 12.1. The van der Waals surface area contributed by atoms with Crippen LogP contribution in [0.5, 0.6) is 0 Å². The van der Waals surface area contributed by atoms with E-state index in [1.54, 1.807) is 6.21 Å². The minimum atomic E-state index is -4.41. The van der Waals surface area contributed by atoms with Crippen LogP contribution in [-0.2, 0) is 21.6 Å². The molecule has 0 spiro atoms. The Morgan fingerprint density at radius 2 is 1.32 bits per heavy atom. The van der Waals surface area contributed by atoms with Gasteiger partial charge in [0.1, 0.15) is 12.8 Å². The van der Waals surface area contributed by atoms with Crippen LogP contribution < -0.4 is 9.47 Å². The van der Waals surface area contributed by atoms with Crippen molar-refractivity contribution in [2.45, 2.75) is 0 Å². The third kappa shape index (κ3) is 9.95. The molecule has 0 atom stereocenters. The monoisotopic (exact) mass is 558 g/mol. The molecule has 0 saturated heterocycles. The fourth-order valence-corrected chi connectivity index (χ4v) is 3.25. The summed E-state index contributed by atoms with van der Waals surface area (Å²) in [6.45, 7) is 0. The summed E-state index contributed by atoms with van der Waals surface area (Å²) < 4.78 is 33.0. The fourth-order valence-electron chi connectivity index (χ4n) is 3.25. The summed E-state index contributed by atoms with van der Waals surface area (Å²) in [7, 11) is 2.41. The Morgan fingerprint density at radius 1 is 0.825 bits per heavy atom. The molecular formula is C29H30N6O4S. The molecule has 11 heteroatoms. The molecular weight excluding hydrogens is 528 g/mol. The number of anilines is 1. The predicted molar refractivity (Wildman–Crippen MR) is 155 cm³/mol. The van der Waals surface area contributed by atoms with Crippen LogP contribution in [0.2, 0.25) is 0 Å². The van der Waals surface area contributed by atoms with E-state index >= 15 is 0 Å². The van der Waals surface area contributed by atoms with Gasteiger partial charge in [-0.15, -0.1) is 5.10 Å². The Hall–Kier alpha value is -4.58. The van der Waals surface area contributed by atoms with E-state index < -0.39 is 10.4 Å². The van der Waals surface area contributed by atoms with Crippen molar-refractivity contribution < 1.29 is 21.7 Å². The van der Waals surface area contributed by atoms with Gasteiger partial charge in [-0.25, -0.2) is 13.0 Å². The summed E-state index contributed by atoms with van der Waals surface area (Å²) in [5.74, 6) is 0. The molecule has 0 saturated carbocycles. The van der Waals surface area contributed by atoms with Gasteiger partial charge in [-0.1, -0.05) is 42.5 Å². The van der Waals surface area contributed by atoms with E-state index in [0.717, 1.165) is 46.6 Å². The van der Waals surface area contributed by atoms with Crippen LogP contribution in [0.15, 0.2) is 124 Å². The Kier molecular flexibility index (Phi) is 10.9. The second-order valence-corrected chi connectivity index (χ2v) is 9.74. The van der Waals surface area contributed by atoms with Crippen LogP contribution in [-0.4, -0.2) is 46.1 Å². The first kappa shape index (κ1) is 30.0. The SMILES string of the molecule is CN(C)c1ccc(/N=N/c2ccc(/C=N/N=C(/c3ccccc3)c3cc[n+](C)cc3)cc2)cc1.COS(=O)(=O)[O-]. The maximum Gasteiger partial charge on any atom is 0.217 e. The average molecular weight is 559 g/mol. The number of pyridine rings is 1. The van der Waals surface area contributed by atoms with Gasteiger partial charge >= 0.3 is 0 Å². The minimum Gasteiger partial charge on any atom is -0.726 e. The lowest BCUT2D eigenvalue weighted by molar-refractivity contribution is -0.671. The zero-order valence-corrected chi connectivity index (χ0v) is 23.4. The van der Waals surface area contributed by atoms with E-state index in [2.05, 4.69) is 24.6 Å². The van der Waals surface area contributed by atoms with Gasteiger partial charge in [0.05, 0.1) is 24.7 Å². The van der Waals surface area contributed by atoms with E-state index in [0.29, 0.717) is 0 Å². The first-order valence-corrected chi connectivity index (χ1v) is 13.4.